The number of nitrogens with two attached hydrogens (primary N) is 1. The SMILES string of the molecule is C/C=C/[C@@H](OC)[C@@H](C)C(=O)C[C@H](C(=O)N[C@@H](C)C(=O)N1CCC[C@@H](C(=O)O)N1)C(C)C.C=Cc1cc2cc([C@@H](C)N)ccc2cn1.C=Cc1cc2cc([C@@H](C)NC(=O)[C@@H]3CCCN(C(=O)[C@H](C)NC(=O)[C@@H](CC(=O)[C@H](C)[C@@H](/C=C/C)OC)C(C)C)N3)ccc2cn1. The molecule has 12 atom stereocenters. The summed E-state index contributed by atoms with van der Waals surface area (Å²) in [6.45, 7) is 30.1. The predicted octanol–water partition coefficient (Wildman–Crippen LogP) is 8.94. The van der Waals surface area contributed by atoms with E-state index in [-0.39, 0.29) is 84.2 Å². The number of benzene rings is 2. The number of hydrazine groups is 2. The molecule has 8 N–H and O–H groups in total. The molecule has 21 heteroatoms. The Hall–Kier alpha value is -7.82. The van der Waals surface area contributed by atoms with Gasteiger partial charge in [-0.05, 0) is 137 Å². The minimum atomic E-state index is -1.02. The molecule has 2 fully saturated rings. The number of ketones is 2. The summed E-state index contributed by atoms with van der Waals surface area (Å²) in [6, 6.07) is 12.8. The van der Waals surface area contributed by atoms with E-state index in [9.17, 15) is 38.4 Å². The van der Waals surface area contributed by atoms with Crippen molar-refractivity contribution in [3.8, 4) is 0 Å². The molecular formula is C70H100N10O11. The standard InChI is InChI=1S/C35H49N5O5.C22H37N3O6.C13H14N2/c1-9-12-32(45-8)22(5)31(41)19-29(21(3)4)33(42)38-24(7)35(44)40-16-11-13-30(39-40)34(43)37-23(6)25-14-15-26-20-36-28(10-2)18-27(26)17-25;1-7-9-19(31-6)14(4)18(26)12-16(13(2)3)20(27)23-15(5)21(28)25-11-8-10-17(24-25)22(29)30;1-3-13-7-12-6-10(9(2)14)4-5-11(12)8-15-13/h9-10,12,14-15,17-18,20-24,29-30,32,39H,2,11,13,16,19H2,1,3-8H3,(H,37,43)(H,38,42);7,9,13-17,19,24H,8,10-12H2,1-6H3,(H,23,27)(H,29,30);3-9H,1,14H2,2H3/b12-9+;9-7+;/t22-,23+,24-,29-,30-,32+;14-,15-,16-,17-,19+;9-/m001/s1. The highest BCUT2D eigenvalue weighted by atomic mass is 16.5. The highest BCUT2D eigenvalue weighted by Crippen LogP contribution is 2.26. The molecule has 2 saturated heterocycles. The molecule has 496 valence electrons. The minimum absolute atomic E-state index is 0.0477. The number of pyridine rings is 2. The smallest absolute Gasteiger partial charge is 0.322 e. The van der Waals surface area contributed by atoms with Crippen LogP contribution in [0.3, 0.4) is 0 Å². The van der Waals surface area contributed by atoms with Gasteiger partial charge in [0.25, 0.3) is 11.8 Å². The van der Waals surface area contributed by atoms with Gasteiger partial charge in [-0.1, -0.05) is 103 Å². The maximum Gasteiger partial charge on any atom is 0.322 e. The van der Waals surface area contributed by atoms with Gasteiger partial charge in [0.05, 0.1) is 29.6 Å². The Kier molecular flexibility index (Phi) is 30.7. The predicted molar refractivity (Wildman–Crippen MR) is 357 cm³/mol. The van der Waals surface area contributed by atoms with Crippen molar-refractivity contribution in [3.63, 3.8) is 0 Å². The Balaban J connectivity index is 0.000000329. The average Bonchev–Trinajstić information content (AvgIpc) is 1.15. The van der Waals surface area contributed by atoms with Gasteiger partial charge >= 0.3 is 5.97 Å². The van der Waals surface area contributed by atoms with Crippen molar-refractivity contribution in [2.45, 2.75) is 170 Å². The summed E-state index contributed by atoms with van der Waals surface area (Å²) in [4.78, 5) is 111. The summed E-state index contributed by atoms with van der Waals surface area (Å²) in [6.07, 6.45) is 16.0. The third-order valence-electron chi connectivity index (χ3n) is 16.7. The van der Waals surface area contributed by atoms with Crippen molar-refractivity contribution in [2.24, 2.45) is 41.2 Å². The summed E-state index contributed by atoms with van der Waals surface area (Å²) in [7, 11) is 3.09. The van der Waals surface area contributed by atoms with Crippen LogP contribution in [0.1, 0.15) is 156 Å². The second kappa shape index (κ2) is 36.9. The van der Waals surface area contributed by atoms with Gasteiger partial charge in [-0.15, -0.1) is 0 Å². The number of hydrogen-bond donors (Lipinski definition) is 7. The molecule has 0 bridgehead atoms. The second-order valence-corrected chi connectivity index (χ2v) is 24.4. The van der Waals surface area contributed by atoms with Gasteiger partial charge in [-0.25, -0.2) is 10.9 Å². The number of carbonyl (C=O) groups is 8. The number of rotatable bonds is 27. The maximum absolute atomic E-state index is 13.4. The van der Waals surface area contributed by atoms with Crippen molar-refractivity contribution >= 4 is 80.8 Å². The third-order valence-corrected chi connectivity index (χ3v) is 16.7. The second-order valence-electron chi connectivity index (χ2n) is 24.4. The van der Waals surface area contributed by atoms with Crippen molar-refractivity contribution in [1.82, 2.24) is 46.8 Å². The number of amides is 5. The fourth-order valence-electron chi connectivity index (χ4n) is 10.7. The summed E-state index contributed by atoms with van der Waals surface area (Å²) >= 11 is 0. The monoisotopic (exact) mass is 1260 g/mol. The van der Waals surface area contributed by atoms with Crippen LogP contribution in [-0.4, -0.2) is 136 Å². The van der Waals surface area contributed by atoms with Gasteiger partial charge in [-0.2, -0.15) is 0 Å². The van der Waals surface area contributed by atoms with Crippen LogP contribution in [-0.2, 0) is 47.8 Å². The van der Waals surface area contributed by atoms with E-state index < -0.39 is 59.7 Å². The van der Waals surface area contributed by atoms with Gasteiger partial charge in [0.15, 0.2) is 0 Å². The maximum atomic E-state index is 13.4. The summed E-state index contributed by atoms with van der Waals surface area (Å²) in [5.41, 5.74) is 15.4. The van der Waals surface area contributed by atoms with E-state index in [1.165, 1.54) is 17.1 Å². The Morgan fingerprint density at radius 2 is 1.02 bits per heavy atom. The molecule has 4 aromatic rings. The zero-order valence-electron chi connectivity index (χ0n) is 55.8. The Morgan fingerprint density at radius 1 is 0.615 bits per heavy atom. The number of ether oxygens (including phenoxy) is 2. The lowest BCUT2D eigenvalue weighted by Crippen LogP contribution is -2.61. The van der Waals surface area contributed by atoms with E-state index >= 15 is 0 Å². The lowest BCUT2D eigenvalue weighted by molar-refractivity contribution is -0.149. The fourth-order valence-corrected chi connectivity index (χ4v) is 10.7. The molecule has 21 nitrogen and oxygen atoms in total. The summed E-state index contributed by atoms with van der Waals surface area (Å²) < 4.78 is 10.8. The zero-order chi connectivity index (χ0) is 67.8. The molecule has 0 radical (unpaired) electrons. The number of carbonyl (C=O) groups excluding carboxylic acids is 7. The lowest BCUT2D eigenvalue weighted by atomic mass is 9.85. The minimum Gasteiger partial charge on any atom is -0.480 e. The number of methoxy groups -OCH3 is 2. The number of aromatic nitrogens is 2. The molecule has 0 spiro atoms. The number of aliphatic carboxylic acids is 1. The number of carboxylic acid groups (broad SMARTS) is 1. The first-order valence-electron chi connectivity index (χ1n) is 31.6. The van der Waals surface area contributed by atoms with E-state index in [0.29, 0.717) is 38.8 Å². The molecule has 0 saturated carbocycles. The summed E-state index contributed by atoms with van der Waals surface area (Å²) in [5.74, 6) is -5.08. The molecular weight excluding hydrogens is 1160 g/mol. The molecule has 0 unspecified atom stereocenters. The van der Waals surface area contributed by atoms with Crippen molar-refractivity contribution in [2.75, 3.05) is 27.3 Å². The Labute approximate surface area is 537 Å². The molecule has 6 rings (SSSR count). The first kappa shape index (κ1) is 75.6. The first-order valence-corrected chi connectivity index (χ1v) is 31.6. The van der Waals surface area contributed by atoms with Crippen LogP contribution in [0.25, 0.3) is 33.7 Å². The van der Waals surface area contributed by atoms with Crippen molar-refractivity contribution in [1.29, 1.82) is 0 Å². The van der Waals surface area contributed by atoms with Gasteiger partial charge < -0.3 is 36.3 Å². The zero-order valence-corrected chi connectivity index (χ0v) is 55.8. The van der Waals surface area contributed by atoms with E-state index in [2.05, 4.69) is 56.0 Å². The molecule has 0 aliphatic carbocycles. The van der Waals surface area contributed by atoms with Crippen LogP contribution in [0.15, 0.2) is 98.4 Å². The van der Waals surface area contributed by atoms with E-state index in [0.717, 1.165) is 44.1 Å². The number of hydrogen-bond acceptors (Lipinski definition) is 15. The van der Waals surface area contributed by atoms with Crippen molar-refractivity contribution < 1.29 is 52.9 Å². The number of nitrogens with zero attached hydrogens (tertiary/aromatic N) is 4. The van der Waals surface area contributed by atoms with Crippen LogP contribution in [0.5, 0.6) is 0 Å². The van der Waals surface area contributed by atoms with Crippen LogP contribution in [0.2, 0.25) is 0 Å². The first-order chi connectivity index (χ1) is 43.1. The normalized spacial score (nSPS) is 18.4. The topological polar surface area (TPSA) is 294 Å². The fraction of sp³-hybridized carbons (Fsp3) is 0.514. The number of nitrogens with one attached hydrogen (secondary N) is 5. The number of allylic oxidation sites excluding steroid dienone is 2. The van der Waals surface area contributed by atoms with Gasteiger partial charge in [0.1, 0.15) is 35.7 Å². The highest BCUT2D eigenvalue weighted by molar-refractivity contribution is 5.93. The van der Waals surface area contributed by atoms with E-state index in [4.69, 9.17) is 20.3 Å². The van der Waals surface area contributed by atoms with Crippen LogP contribution >= 0.6 is 0 Å². The molecule has 2 aliphatic heterocycles. The number of Topliss-reactive ketones (excluding diaryl/α,β-unsaturated/α-hetero) is 2. The highest BCUT2D eigenvalue weighted by Gasteiger charge is 2.37. The van der Waals surface area contributed by atoms with Crippen LogP contribution in [0, 0.1) is 35.5 Å². The lowest BCUT2D eigenvalue weighted by Gasteiger charge is -2.35. The van der Waals surface area contributed by atoms with Crippen molar-refractivity contribution in [3.05, 3.63) is 121 Å². The largest absolute Gasteiger partial charge is 0.480 e. The molecule has 2 aromatic carbocycles. The molecule has 5 amide bonds. The van der Waals surface area contributed by atoms with Gasteiger partial charge in [-0.3, -0.25) is 58.3 Å². The number of carboxylic acids is 1. The van der Waals surface area contributed by atoms with Gasteiger partial charge in [0, 0.05) is 93.0 Å². The molecule has 2 aromatic heterocycles. The van der Waals surface area contributed by atoms with E-state index in [1.54, 1.807) is 53.2 Å². The molecule has 4 heterocycles. The van der Waals surface area contributed by atoms with Crippen LogP contribution in [0.4, 0.5) is 0 Å². The Bertz CT molecular complexity index is 3220. The Morgan fingerprint density at radius 3 is 1.41 bits per heavy atom. The van der Waals surface area contributed by atoms with E-state index in [1.807, 2.05) is 128 Å². The van der Waals surface area contributed by atoms with Gasteiger partial charge in [0.2, 0.25) is 17.7 Å². The molecule has 2 aliphatic rings. The molecule has 91 heavy (non-hydrogen) atoms. The number of fused-ring (bicyclic) bond motifs is 2. The quantitative estimate of drug-likeness (QED) is 0.0274. The average molecular weight is 1260 g/mol. The third kappa shape index (κ3) is 22.2. The summed E-state index contributed by atoms with van der Waals surface area (Å²) in [5, 5.41) is 24.7. The van der Waals surface area contributed by atoms with Crippen LogP contribution < -0.4 is 32.5 Å².